The number of hydrogen-bond acceptors (Lipinski definition) is 6. The van der Waals surface area contributed by atoms with Crippen LogP contribution in [0.1, 0.15) is 42.9 Å². The molecule has 1 fully saturated rings. The lowest BCUT2D eigenvalue weighted by Crippen LogP contribution is -2.41. The number of aryl methyl sites for hydroxylation is 1. The van der Waals surface area contributed by atoms with E-state index in [0.29, 0.717) is 36.9 Å². The van der Waals surface area contributed by atoms with Crippen molar-refractivity contribution >= 4 is 15.7 Å². The Morgan fingerprint density at radius 1 is 1.42 bits per heavy atom. The molecule has 2 rings (SSSR count). The highest BCUT2D eigenvalue weighted by atomic mass is 32.2. The highest BCUT2D eigenvalue weighted by molar-refractivity contribution is 7.90. The van der Waals surface area contributed by atoms with Gasteiger partial charge in [-0.05, 0) is 12.3 Å². The third kappa shape index (κ3) is 5.31. The molecule has 24 heavy (non-hydrogen) atoms. The molecule has 1 aliphatic heterocycles. The van der Waals surface area contributed by atoms with E-state index in [1.165, 1.54) is 6.26 Å². The molecule has 0 radical (unpaired) electrons. The molecular formula is C16H27N3O4S. The second-order valence-corrected chi connectivity index (χ2v) is 8.81. The number of rotatable bonds is 8. The van der Waals surface area contributed by atoms with Crippen molar-refractivity contribution in [2.45, 2.75) is 39.2 Å². The predicted octanol–water partition coefficient (Wildman–Crippen LogP) is 1.11. The Bertz CT molecular complexity index is 656. The van der Waals surface area contributed by atoms with Gasteiger partial charge < -0.3 is 9.84 Å². The lowest BCUT2D eigenvalue weighted by molar-refractivity contribution is 0.0920. The number of nitrogens with one attached hydrogen (secondary N) is 1. The number of likely N-dealkylation sites (tertiary alicyclic amines) is 1. The Hall–Kier alpha value is -1.41. The van der Waals surface area contributed by atoms with E-state index in [4.69, 9.17) is 4.52 Å². The Morgan fingerprint density at radius 2 is 2.17 bits per heavy atom. The maximum atomic E-state index is 12.4. The van der Waals surface area contributed by atoms with Crippen LogP contribution < -0.4 is 5.32 Å². The molecular weight excluding hydrogens is 330 g/mol. The molecule has 2 atom stereocenters. The first-order chi connectivity index (χ1) is 11.3. The van der Waals surface area contributed by atoms with Crippen LogP contribution in [0.2, 0.25) is 0 Å². The zero-order valence-corrected chi connectivity index (χ0v) is 15.4. The topological polar surface area (TPSA) is 92.5 Å². The van der Waals surface area contributed by atoms with E-state index in [1.54, 1.807) is 6.07 Å². The van der Waals surface area contributed by atoms with E-state index in [0.717, 1.165) is 19.4 Å². The van der Waals surface area contributed by atoms with E-state index in [9.17, 15) is 13.2 Å². The summed E-state index contributed by atoms with van der Waals surface area (Å²) in [4.78, 5) is 14.5. The minimum Gasteiger partial charge on any atom is -0.361 e. The highest BCUT2D eigenvalue weighted by Gasteiger charge is 2.33. The lowest BCUT2D eigenvalue weighted by Gasteiger charge is -2.18. The van der Waals surface area contributed by atoms with E-state index in [1.807, 2.05) is 6.92 Å². The third-order valence-electron chi connectivity index (χ3n) is 4.41. The van der Waals surface area contributed by atoms with Gasteiger partial charge in [0, 0.05) is 44.4 Å². The fourth-order valence-corrected chi connectivity index (χ4v) is 3.68. The van der Waals surface area contributed by atoms with Crippen molar-refractivity contribution in [1.29, 1.82) is 0 Å². The molecule has 0 aliphatic carbocycles. The van der Waals surface area contributed by atoms with Crippen LogP contribution >= 0.6 is 0 Å². The summed E-state index contributed by atoms with van der Waals surface area (Å²) in [6.07, 6.45) is 3.98. The predicted molar refractivity (Wildman–Crippen MR) is 91.7 cm³/mol. The SMILES string of the molecule is CCCC1CN(CCS(C)(=O)=O)C[C@@H]1NC(=O)c1cc(CC)on1. The zero-order chi connectivity index (χ0) is 17.7. The second-order valence-electron chi connectivity index (χ2n) is 6.55. The number of sulfone groups is 1. The normalized spacial score (nSPS) is 22.0. The minimum atomic E-state index is -2.98. The number of carbonyl (C=O) groups excluding carboxylic acids is 1. The largest absolute Gasteiger partial charge is 0.361 e. The van der Waals surface area contributed by atoms with Crippen molar-refractivity contribution in [3.05, 3.63) is 17.5 Å². The van der Waals surface area contributed by atoms with Crippen LogP contribution in [-0.4, -0.2) is 62.1 Å². The van der Waals surface area contributed by atoms with Gasteiger partial charge in [-0.25, -0.2) is 8.42 Å². The molecule has 1 unspecified atom stereocenters. The molecule has 8 heteroatoms. The maximum Gasteiger partial charge on any atom is 0.273 e. The number of nitrogens with zero attached hydrogens (tertiary/aromatic N) is 2. The van der Waals surface area contributed by atoms with Crippen molar-refractivity contribution in [2.75, 3.05) is 31.6 Å². The summed E-state index contributed by atoms with van der Waals surface area (Å²) in [5.74, 6) is 0.937. The standard InChI is InChI=1S/C16H27N3O4S/c1-4-6-12-10-19(7-8-24(3,21)22)11-15(12)17-16(20)14-9-13(5-2)23-18-14/h9,12,15H,4-8,10-11H2,1-3H3,(H,17,20)/t12?,15-/m0/s1. The minimum absolute atomic E-state index is 0.0128. The smallest absolute Gasteiger partial charge is 0.273 e. The quantitative estimate of drug-likeness (QED) is 0.749. The number of carbonyl (C=O) groups is 1. The molecule has 0 bridgehead atoms. The summed E-state index contributed by atoms with van der Waals surface area (Å²) in [5, 5.41) is 6.85. The zero-order valence-electron chi connectivity index (χ0n) is 14.6. The van der Waals surface area contributed by atoms with Crippen molar-refractivity contribution in [1.82, 2.24) is 15.4 Å². The lowest BCUT2D eigenvalue weighted by atomic mass is 9.98. The number of hydrogen-bond donors (Lipinski definition) is 1. The van der Waals surface area contributed by atoms with Crippen molar-refractivity contribution in [3.8, 4) is 0 Å². The van der Waals surface area contributed by atoms with E-state index >= 15 is 0 Å². The van der Waals surface area contributed by atoms with Gasteiger partial charge in [0.2, 0.25) is 0 Å². The van der Waals surface area contributed by atoms with E-state index in [-0.39, 0.29) is 17.7 Å². The van der Waals surface area contributed by atoms with Crippen LogP contribution in [0, 0.1) is 5.92 Å². The molecule has 1 aromatic rings. The molecule has 1 aliphatic rings. The van der Waals surface area contributed by atoms with Crippen LogP contribution in [0.4, 0.5) is 0 Å². The molecule has 1 N–H and O–H groups in total. The molecule has 1 amide bonds. The van der Waals surface area contributed by atoms with Crippen molar-refractivity contribution < 1.29 is 17.7 Å². The van der Waals surface area contributed by atoms with Gasteiger partial charge in [-0.15, -0.1) is 0 Å². The second kappa shape index (κ2) is 8.11. The number of amides is 1. The summed E-state index contributed by atoms with van der Waals surface area (Å²) in [6.45, 7) is 6.05. The molecule has 1 saturated heterocycles. The van der Waals surface area contributed by atoms with Crippen LogP contribution in [0.5, 0.6) is 0 Å². The van der Waals surface area contributed by atoms with Gasteiger partial charge >= 0.3 is 0 Å². The molecule has 1 aromatic heterocycles. The molecule has 2 heterocycles. The van der Waals surface area contributed by atoms with Gasteiger partial charge in [0.05, 0.1) is 5.75 Å². The first-order valence-corrected chi connectivity index (χ1v) is 10.5. The molecule has 136 valence electrons. The Morgan fingerprint density at radius 3 is 2.75 bits per heavy atom. The van der Waals surface area contributed by atoms with Crippen molar-refractivity contribution in [3.63, 3.8) is 0 Å². The average molecular weight is 357 g/mol. The fourth-order valence-electron chi connectivity index (χ4n) is 3.09. The maximum absolute atomic E-state index is 12.4. The van der Waals surface area contributed by atoms with Gasteiger partial charge in [-0.2, -0.15) is 0 Å². The average Bonchev–Trinajstić information content (AvgIpc) is 3.12. The molecule has 0 saturated carbocycles. The van der Waals surface area contributed by atoms with Gasteiger partial charge in [0.1, 0.15) is 15.6 Å². The Balaban J connectivity index is 1.97. The molecule has 0 aromatic carbocycles. The molecule has 7 nitrogen and oxygen atoms in total. The van der Waals surface area contributed by atoms with Gasteiger partial charge in [-0.1, -0.05) is 25.4 Å². The number of aromatic nitrogens is 1. The van der Waals surface area contributed by atoms with Crippen LogP contribution in [0.25, 0.3) is 0 Å². The van der Waals surface area contributed by atoms with E-state index in [2.05, 4.69) is 22.3 Å². The van der Waals surface area contributed by atoms with Crippen LogP contribution in [0.3, 0.4) is 0 Å². The van der Waals surface area contributed by atoms with Gasteiger partial charge in [-0.3, -0.25) is 9.69 Å². The van der Waals surface area contributed by atoms with Crippen LogP contribution in [0.15, 0.2) is 10.6 Å². The summed E-state index contributed by atoms with van der Waals surface area (Å²) >= 11 is 0. The Labute approximate surface area is 143 Å². The molecule has 0 spiro atoms. The Kier molecular flexibility index (Phi) is 6.40. The summed E-state index contributed by atoms with van der Waals surface area (Å²) in [6, 6.07) is 1.68. The summed E-state index contributed by atoms with van der Waals surface area (Å²) in [7, 11) is -2.98. The van der Waals surface area contributed by atoms with Crippen LogP contribution in [-0.2, 0) is 16.3 Å². The first kappa shape index (κ1) is 18.9. The third-order valence-corrected chi connectivity index (χ3v) is 5.34. The summed E-state index contributed by atoms with van der Waals surface area (Å²) < 4.78 is 27.8. The monoisotopic (exact) mass is 357 g/mol. The van der Waals surface area contributed by atoms with E-state index < -0.39 is 9.84 Å². The highest BCUT2D eigenvalue weighted by Crippen LogP contribution is 2.22. The first-order valence-electron chi connectivity index (χ1n) is 8.49. The van der Waals surface area contributed by atoms with Gasteiger partial charge in [0.15, 0.2) is 5.69 Å². The summed E-state index contributed by atoms with van der Waals surface area (Å²) in [5.41, 5.74) is 0.302. The van der Waals surface area contributed by atoms with Crippen molar-refractivity contribution in [2.24, 2.45) is 5.92 Å². The fraction of sp³-hybridized carbons (Fsp3) is 0.750. The van der Waals surface area contributed by atoms with Gasteiger partial charge in [0.25, 0.3) is 5.91 Å².